The highest BCUT2D eigenvalue weighted by molar-refractivity contribution is 5.93. The fraction of sp³-hybridized carbons (Fsp3) is 0. The Morgan fingerprint density at radius 3 is 2.88 bits per heavy atom. The molecule has 2 N–H and O–H groups in total. The molecule has 7 heteroatoms. The van der Waals surface area contributed by atoms with E-state index in [1.54, 1.807) is 48.7 Å². The summed E-state index contributed by atoms with van der Waals surface area (Å²) in [7, 11) is 0. The molecule has 0 saturated carbocycles. The Morgan fingerprint density at radius 2 is 2.12 bits per heavy atom. The number of carbonyl (C=O) groups excluding carboxylic acids is 1. The molecule has 0 fully saturated rings. The minimum absolute atomic E-state index is 0.251. The molecule has 0 aliphatic carbocycles. The Kier molecular flexibility index (Phi) is 4.62. The summed E-state index contributed by atoms with van der Waals surface area (Å²) in [5.41, 5.74) is 3.87. The number of halogens is 1. The zero-order valence-electron chi connectivity index (χ0n) is 12.4. The first-order valence-corrected chi connectivity index (χ1v) is 7.07. The average Bonchev–Trinajstić information content (AvgIpc) is 3.27. The maximum Gasteiger partial charge on any atom is 0.289 e. The van der Waals surface area contributed by atoms with Crippen LogP contribution in [0.15, 0.2) is 64.3 Å². The van der Waals surface area contributed by atoms with Crippen molar-refractivity contribution in [1.82, 2.24) is 15.6 Å². The van der Waals surface area contributed by atoms with E-state index in [1.165, 1.54) is 18.3 Å². The van der Waals surface area contributed by atoms with E-state index in [4.69, 9.17) is 4.42 Å². The van der Waals surface area contributed by atoms with Crippen molar-refractivity contribution in [2.24, 2.45) is 5.10 Å². The summed E-state index contributed by atoms with van der Waals surface area (Å²) < 4.78 is 18.0. The monoisotopic (exact) mass is 324 g/mol. The van der Waals surface area contributed by atoms with E-state index >= 15 is 0 Å². The number of hydrogen-bond acceptors (Lipinski definition) is 4. The molecule has 6 nitrogen and oxygen atoms in total. The molecule has 0 aliphatic heterocycles. The first kappa shape index (κ1) is 15.4. The minimum Gasteiger partial charge on any atom is -0.465 e. The summed E-state index contributed by atoms with van der Waals surface area (Å²) in [5, 5.41) is 10.4. The van der Waals surface area contributed by atoms with Gasteiger partial charge in [-0.2, -0.15) is 10.2 Å². The van der Waals surface area contributed by atoms with Crippen molar-refractivity contribution in [3.05, 3.63) is 72.1 Å². The Balaban J connectivity index is 1.58. The van der Waals surface area contributed by atoms with Crippen LogP contribution < -0.4 is 5.43 Å². The first-order chi connectivity index (χ1) is 11.7. The fourth-order valence-electron chi connectivity index (χ4n) is 1.93. The van der Waals surface area contributed by atoms with E-state index < -0.39 is 5.91 Å². The van der Waals surface area contributed by atoms with E-state index in [0.717, 1.165) is 0 Å². The normalized spacial score (nSPS) is 11.4. The van der Waals surface area contributed by atoms with Gasteiger partial charge in [0.2, 0.25) is 0 Å². The van der Waals surface area contributed by atoms with Crippen molar-refractivity contribution in [2.75, 3.05) is 0 Å². The smallest absolute Gasteiger partial charge is 0.289 e. The molecule has 0 radical (unpaired) electrons. The van der Waals surface area contributed by atoms with E-state index in [9.17, 15) is 9.18 Å². The zero-order valence-corrected chi connectivity index (χ0v) is 12.4. The van der Waals surface area contributed by atoms with Crippen LogP contribution in [0.4, 0.5) is 4.39 Å². The second-order valence-electron chi connectivity index (χ2n) is 4.77. The third-order valence-electron chi connectivity index (χ3n) is 3.09. The number of carbonyl (C=O) groups is 1. The second kappa shape index (κ2) is 7.19. The third-order valence-corrected chi connectivity index (χ3v) is 3.09. The van der Waals surface area contributed by atoms with Gasteiger partial charge < -0.3 is 4.42 Å². The van der Waals surface area contributed by atoms with Crippen molar-refractivity contribution in [1.29, 1.82) is 0 Å². The Morgan fingerprint density at radius 1 is 1.29 bits per heavy atom. The van der Waals surface area contributed by atoms with Crippen LogP contribution in [0.2, 0.25) is 0 Å². The van der Waals surface area contributed by atoms with Gasteiger partial charge in [0.1, 0.15) is 17.3 Å². The molecule has 0 aliphatic rings. The lowest BCUT2D eigenvalue weighted by Gasteiger charge is -1.95. The number of hydrogen-bond donors (Lipinski definition) is 2. The molecule has 120 valence electrons. The van der Waals surface area contributed by atoms with E-state index in [-0.39, 0.29) is 11.5 Å². The van der Waals surface area contributed by atoms with Gasteiger partial charge in [0.25, 0.3) is 5.91 Å². The van der Waals surface area contributed by atoms with Crippen molar-refractivity contribution >= 4 is 18.2 Å². The van der Waals surface area contributed by atoms with Crippen LogP contribution in [0.25, 0.3) is 17.3 Å². The van der Waals surface area contributed by atoms with Crippen LogP contribution in [-0.2, 0) is 0 Å². The maximum atomic E-state index is 12.9. The molecular weight excluding hydrogens is 311 g/mol. The lowest BCUT2D eigenvalue weighted by Crippen LogP contribution is -2.17. The highest BCUT2D eigenvalue weighted by Crippen LogP contribution is 2.17. The van der Waals surface area contributed by atoms with Gasteiger partial charge in [0, 0.05) is 11.8 Å². The van der Waals surface area contributed by atoms with Gasteiger partial charge in [0.15, 0.2) is 0 Å². The van der Waals surface area contributed by atoms with Gasteiger partial charge >= 0.3 is 0 Å². The standard InChI is InChI=1S/C17H13FN4O2/c18-13-7-5-12(6-8-13)15-11-16(21-20-15)17(23)22-19-9-1-3-14-4-2-10-24-14/h1-11H,(H,20,21)(H,22,23). The van der Waals surface area contributed by atoms with Crippen molar-refractivity contribution in [3.63, 3.8) is 0 Å². The number of hydrazone groups is 1. The number of nitrogens with one attached hydrogen (secondary N) is 2. The quantitative estimate of drug-likeness (QED) is 0.558. The summed E-state index contributed by atoms with van der Waals surface area (Å²) in [4.78, 5) is 11.9. The highest BCUT2D eigenvalue weighted by atomic mass is 19.1. The summed E-state index contributed by atoms with van der Waals surface area (Å²) in [6.07, 6.45) is 6.34. The van der Waals surface area contributed by atoms with Gasteiger partial charge in [0.05, 0.1) is 12.0 Å². The summed E-state index contributed by atoms with van der Waals surface area (Å²) in [6.45, 7) is 0. The van der Waals surface area contributed by atoms with E-state index in [1.807, 2.05) is 0 Å². The lowest BCUT2D eigenvalue weighted by atomic mass is 10.1. The average molecular weight is 324 g/mol. The number of rotatable bonds is 5. The number of aromatic nitrogens is 2. The minimum atomic E-state index is -0.432. The number of aromatic amines is 1. The first-order valence-electron chi connectivity index (χ1n) is 7.07. The van der Waals surface area contributed by atoms with Crippen LogP contribution in [0.1, 0.15) is 16.2 Å². The number of allylic oxidation sites excluding steroid dienone is 1. The maximum absolute atomic E-state index is 12.9. The Hall–Kier alpha value is -3.48. The Labute approximate surface area is 136 Å². The van der Waals surface area contributed by atoms with Crippen LogP contribution in [-0.4, -0.2) is 22.3 Å². The van der Waals surface area contributed by atoms with Gasteiger partial charge in [-0.15, -0.1) is 0 Å². The summed E-state index contributed by atoms with van der Waals surface area (Å²) >= 11 is 0. The zero-order chi connectivity index (χ0) is 16.8. The number of nitrogens with zero attached hydrogens (tertiary/aromatic N) is 2. The summed E-state index contributed by atoms with van der Waals surface area (Å²) in [6, 6.07) is 11.0. The Bertz CT molecular complexity index is 864. The predicted molar refractivity (Wildman–Crippen MR) is 87.7 cm³/mol. The topological polar surface area (TPSA) is 83.3 Å². The molecule has 24 heavy (non-hydrogen) atoms. The van der Waals surface area contributed by atoms with Gasteiger partial charge in [-0.1, -0.05) is 0 Å². The van der Waals surface area contributed by atoms with Crippen molar-refractivity contribution in [2.45, 2.75) is 0 Å². The second-order valence-corrected chi connectivity index (χ2v) is 4.77. The van der Waals surface area contributed by atoms with Crippen LogP contribution in [0, 0.1) is 5.82 Å². The van der Waals surface area contributed by atoms with Gasteiger partial charge in [-0.3, -0.25) is 9.89 Å². The highest BCUT2D eigenvalue weighted by Gasteiger charge is 2.10. The predicted octanol–water partition coefficient (Wildman–Crippen LogP) is 3.24. The molecule has 0 unspecified atom stereocenters. The van der Waals surface area contributed by atoms with Gasteiger partial charge in [-0.25, -0.2) is 9.82 Å². The number of amides is 1. The molecule has 2 aromatic heterocycles. The van der Waals surface area contributed by atoms with Crippen LogP contribution in [0.5, 0.6) is 0 Å². The molecule has 3 rings (SSSR count). The molecule has 2 heterocycles. The molecule has 1 aromatic carbocycles. The fourth-order valence-corrected chi connectivity index (χ4v) is 1.93. The molecule has 0 spiro atoms. The van der Waals surface area contributed by atoms with Crippen LogP contribution in [0.3, 0.4) is 0 Å². The molecule has 0 bridgehead atoms. The van der Waals surface area contributed by atoms with E-state index in [2.05, 4.69) is 20.7 Å². The molecule has 3 aromatic rings. The number of benzene rings is 1. The SMILES string of the molecule is O=C(NN=CC=Cc1ccco1)c1cc(-c2ccc(F)cc2)n[nH]1. The van der Waals surface area contributed by atoms with Gasteiger partial charge in [-0.05, 0) is 54.6 Å². The lowest BCUT2D eigenvalue weighted by molar-refractivity contribution is 0.0950. The molecule has 0 saturated heterocycles. The number of H-pyrrole nitrogens is 1. The summed E-state index contributed by atoms with van der Waals surface area (Å²) in [5.74, 6) is -0.0759. The molecule has 1 amide bonds. The molecular formula is C17H13FN4O2. The van der Waals surface area contributed by atoms with Crippen molar-refractivity contribution in [3.8, 4) is 11.3 Å². The molecule has 0 atom stereocenters. The van der Waals surface area contributed by atoms with Crippen LogP contribution >= 0.6 is 0 Å². The number of furan rings is 1. The third kappa shape index (κ3) is 3.83. The largest absolute Gasteiger partial charge is 0.465 e. The van der Waals surface area contributed by atoms with Crippen molar-refractivity contribution < 1.29 is 13.6 Å². The van der Waals surface area contributed by atoms with E-state index in [0.29, 0.717) is 17.0 Å².